The number of rotatable bonds is 3. The third kappa shape index (κ3) is 3.37. The van der Waals surface area contributed by atoms with Gasteiger partial charge in [-0.15, -0.1) is 0 Å². The minimum atomic E-state index is -4.48. The molecule has 0 spiro atoms. The Kier molecular flexibility index (Phi) is 4.27. The molecular weight excluding hydrogens is 353 g/mol. The van der Waals surface area contributed by atoms with E-state index in [9.17, 15) is 22.8 Å². The van der Waals surface area contributed by atoms with Gasteiger partial charge in [0.1, 0.15) is 6.04 Å². The second-order valence-electron chi connectivity index (χ2n) is 4.60. The maximum Gasteiger partial charge on any atom is 0.416 e. The molecule has 1 saturated heterocycles. The number of amides is 2. The molecule has 1 aromatic carbocycles. The monoisotopic (exact) mass is 364 g/mol. The number of carbonyl (C=O) groups excluding carboxylic acids is 2. The van der Waals surface area contributed by atoms with E-state index >= 15 is 0 Å². The highest BCUT2D eigenvalue weighted by Crippen LogP contribution is 2.34. The minimum Gasteiger partial charge on any atom is -0.373 e. The van der Waals surface area contributed by atoms with Crippen molar-refractivity contribution in [2.75, 3.05) is 11.9 Å². The summed E-state index contributed by atoms with van der Waals surface area (Å²) in [7, 11) is 0. The predicted molar refractivity (Wildman–Crippen MR) is 73.6 cm³/mol. The summed E-state index contributed by atoms with van der Waals surface area (Å²) in [6.45, 7) is 1.92. The molecule has 0 saturated carbocycles. The van der Waals surface area contributed by atoms with Crippen molar-refractivity contribution in [3.63, 3.8) is 0 Å². The van der Waals surface area contributed by atoms with Crippen molar-refractivity contribution in [2.24, 2.45) is 0 Å². The van der Waals surface area contributed by atoms with E-state index in [4.69, 9.17) is 0 Å². The summed E-state index contributed by atoms with van der Waals surface area (Å²) >= 11 is 3.01. The fourth-order valence-electron chi connectivity index (χ4n) is 2.17. The van der Waals surface area contributed by atoms with Crippen LogP contribution in [0.2, 0.25) is 0 Å². The largest absolute Gasteiger partial charge is 0.416 e. The number of hydrogen-bond donors (Lipinski definition) is 1. The van der Waals surface area contributed by atoms with E-state index in [2.05, 4.69) is 21.2 Å². The molecule has 21 heavy (non-hydrogen) atoms. The lowest BCUT2D eigenvalue weighted by Gasteiger charge is -2.16. The summed E-state index contributed by atoms with van der Waals surface area (Å²) in [5.41, 5.74) is -0.690. The number of imide groups is 1. The molecule has 4 nitrogen and oxygen atoms in total. The lowest BCUT2D eigenvalue weighted by atomic mass is 10.1. The number of nitrogens with one attached hydrogen (secondary N) is 1. The standard InChI is InChI=1S/C13H12BrF3N2O2/c1-2-19-11(20)6-10(12(19)21)18-9-4-7(13(15,16)17)3-8(14)5-9/h3-5,10,18H,2,6H2,1H3. The van der Waals surface area contributed by atoms with Crippen LogP contribution in [0, 0.1) is 0 Å². The van der Waals surface area contributed by atoms with Crippen LogP contribution in [0.25, 0.3) is 0 Å². The molecule has 1 atom stereocenters. The Balaban J connectivity index is 2.23. The van der Waals surface area contributed by atoms with Gasteiger partial charge in [0.05, 0.1) is 12.0 Å². The average molecular weight is 365 g/mol. The van der Waals surface area contributed by atoms with Crippen LogP contribution in [-0.4, -0.2) is 29.3 Å². The molecule has 1 aromatic rings. The molecule has 0 radical (unpaired) electrons. The molecule has 0 bridgehead atoms. The summed E-state index contributed by atoms with van der Waals surface area (Å²) < 4.78 is 38.5. The smallest absolute Gasteiger partial charge is 0.373 e. The van der Waals surface area contributed by atoms with Crippen molar-refractivity contribution >= 4 is 33.4 Å². The van der Waals surface area contributed by atoms with E-state index in [1.54, 1.807) is 6.92 Å². The van der Waals surface area contributed by atoms with E-state index in [0.29, 0.717) is 0 Å². The van der Waals surface area contributed by atoms with Gasteiger partial charge in [-0.1, -0.05) is 15.9 Å². The van der Waals surface area contributed by atoms with Crippen LogP contribution in [0.4, 0.5) is 18.9 Å². The van der Waals surface area contributed by atoms with Crippen molar-refractivity contribution in [1.82, 2.24) is 4.90 Å². The first-order valence-electron chi connectivity index (χ1n) is 6.21. The summed E-state index contributed by atoms with van der Waals surface area (Å²) in [5, 5.41) is 2.70. The first kappa shape index (κ1) is 15.8. The van der Waals surface area contributed by atoms with Gasteiger partial charge in [-0.05, 0) is 25.1 Å². The Bertz CT molecular complexity index is 589. The van der Waals surface area contributed by atoms with Crippen molar-refractivity contribution < 1.29 is 22.8 Å². The number of anilines is 1. The summed E-state index contributed by atoms with van der Waals surface area (Å²) in [6, 6.07) is 2.47. The fourth-order valence-corrected chi connectivity index (χ4v) is 2.66. The van der Waals surface area contributed by atoms with Crippen LogP contribution in [0.1, 0.15) is 18.9 Å². The Morgan fingerprint density at radius 2 is 2.00 bits per heavy atom. The van der Waals surface area contributed by atoms with Crippen molar-refractivity contribution in [3.8, 4) is 0 Å². The Morgan fingerprint density at radius 1 is 1.33 bits per heavy atom. The molecule has 1 fully saturated rings. The van der Waals surface area contributed by atoms with Gasteiger partial charge in [0, 0.05) is 16.7 Å². The first-order chi connectivity index (χ1) is 9.72. The average Bonchev–Trinajstić information content (AvgIpc) is 2.62. The molecule has 2 amide bonds. The summed E-state index contributed by atoms with van der Waals surface area (Å²) in [4.78, 5) is 24.6. The van der Waals surface area contributed by atoms with Gasteiger partial charge in [-0.3, -0.25) is 14.5 Å². The van der Waals surface area contributed by atoms with E-state index in [1.165, 1.54) is 6.07 Å². The van der Waals surface area contributed by atoms with Crippen LogP contribution in [0.15, 0.2) is 22.7 Å². The van der Waals surface area contributed by atoms with E-state index in [-0.39, 0.29) is 29.0 Å². The molecule has 1 aliphatic heterocycles. The summed E-state index contributed by atoms with van der Waals surface area (Å²) in [6.07, 6.45) is -4.54. The van der Waals surface area contributed by atoms with Gasteiger partial charge >= 0.3 is 6.18 Å². The Morgan fingerprint density at radius 3 is 2.52 bits per heavy atom. The molecule has 114 valence electrons. The number of hydrogen-bond acceptors (Lipinski definition) is 3. The Labute approximate surface area is 127 Å². The zero-order chi connectivity index (χ0) is 15.8. The number of likely N-dealkylation sites (N-methyl/N-ethyl adjacent to an activating group) is 1. The number of benzene rings is 1. The van der Waals surface area contributed by atoms with Crippen molar-refractivity contribution in [1.29, 1.82) is 0 Å². The van der Waals surface area contributed by atoms with Crippen molar-refractivity contribution in [3.05, 3.63) is 28.2 Å². The van der Waals surface area contributed by atoms with Crippen LogP contribution in [-0.2, 0) is 15.8 Å². The van der Waals surface area contributed by atoms with Gasteiger partial charge < -0.3 is 5.32 Å². The topological polar surface area (TPSA) is 49.4 Å². The molecular formula is C13H12BrF3N2O2. The number of alkyl halides is 3. The lowest BCUT2D eigenvalue weighted by Crippen LogP contribution is -2.34. The van der Waals surface area contributed by atoms with Crippen LogP contribution < -0.4 is 5.32 Å². The molecule has 1 unspecified atom stereocenters. The number of likely N-dealkylation sites (tertiary alicyclic amines) is 1. The van der Waals surface area contributed by atoms with Crippen LogP contribution in [0.3, 0.4) is 0 Å². The molecule has 1 heterocycles. The van der Waals surface area contributed by atoms with E-state index in [1.807, 2.05) is 0 Å². The zero-order valence-electron chi connectivity index (χ0n) is 11.0. The van der Waals surface area contributed by atoms with Gasteiger partial charge in [0.15, 0.2) is 0 Å². The van der Waals surface area contributed by atoms with Gasteiger partial charge in [-0.2, -0.15) is 13.2 Å². The number of nitrogens with zero attached hydrogens (tertiary/aromatic N) is 1. The van der Waals surface area contributed by atoms with Gasteiger partial charge in [0.2, 0.25) is 5.91 Å². The predicted octanol–water partition coefficient (Wildman–Crippen LogP) is 3.03. The Hall–Kier alpha value is -1.57. The minimum absolute atomic E-state index is 0.0550. The molecule has 0 aliphatic carbocycles. The van der Waals surface area contributed by atoms with Crippen LogP contribution in [0.5, 0.6) is 0 Å². The second kappa shape index (κ2) is 5.67. The third-order valence-corrected chi connectivity index (χ3v) is 3.58. The van der Waals surface area contributed by atoms with Crippen molar-refractivity contribution in [2.45, 2.75) is 25.6 Å². The summed E-state index contributed by atoms with van der Waals surface area (Å²) in [5.74, 6) is -0.748. The third-order valence-electron chi connectivity index (χ3n) is 3.13. The van der Waals surface area contributed by atoms with E-state index in [0.717, 1.165) is 17.0 Å². The zero-order valence-corrected chi connectivity index (χ0v) is 12.6. The number of halogens is 4. The quantitative estimate of drug-likeness (QED) is 0.838. The van der Waals surface area contributed by atoms with E-state index < -0.39 is 23.7 Å². The SMILES string of the molecule is CCN1C(=O)CC(Nc2cc(Br)cc(C(F)(F)F)c2)C1=O. The van der Waals surface area contributed by atoms with Gasteiger partial charge in [0.25, 0.3) is 5.91 Å². The number of carbonyl (C=O) groups is 2. The lowest BCUT2D eigenvalue weighted by molar-refractivity contribution is -0.139. The highest BCUT2D eigenvalue weighted by atomic mass is 79.9. The van der Waals surface area contributed by atoms with Gasteiger partial charge in [-0.25, -0.2) is 0 Å². The maximum atomic E-state index is 12.7. The molecule has 2 rings (SSSR count). The fraction of sp³-hybridized carbons (Fsp3) is 0.385. The normalized spacial score (nSPS) is 19.3. The highest BCUT2D eigenvalue weighted by molar-refractivity contribution is 9.10. The molecule has 1 aliphatic rings. The molecule has 0 aromatic heterocycles. The van der Waals surface area contributed by atoms with Crippen LogP contribution >= 0.6 is 15.9 Å². The molecule has 1 N–H and O–H groups in total. The molecule has 8 heteroatoms. The maximum absolute atomic E-state index is 12.7. The first-order valence-corrected chi connectivity index (χ1v) is 7.00. The highest BCUT2D eigenvalue weighted by Gasteiger charge is 2.38. The second-order valence-corrected chi connectivity index (χ2v) is 5.52.